The number of hydrogen-bond acceptors (Lipinski definition) is 5. The highest BCUT2D eigenvalue weighted by Gasteiger charge is 2.27. The normalized spacial score (nSPS) is 11.5. The van der Waals surface area contributed by atoms with Gasteiger partial charge in [-0.05, 0) is 54.1 Å². The molecule has 0 aliphatic rings. The largest absolute Gasteiger partial charge is 0.405 e. The van der Waals surface area contributed by atoms with Crippen molar-refractivity contribution in [2.75, 3.05) is 17.2 Å². The van der Waals surface area contributed by atoms with Gasteiger partial charge in [0.15, 0.2) is 5.82 Å². The molecule has 2 aromatic carbocycles. The van der Waals surface area contributed by atoms with Crippen LogP contribution in [0.2, 0.25) is 0 Å². The Balaban J connectivity index is 1.68. The van der Waals surface area contributed by atoms with Crippen molar-refractivity contribution in [1.82, 2.24) is 15.0 Å². The molecule has 0 aliphatic carbocycles. The number of hydrogen-bond donors (Lipinski definition) is 2. The van der Waals surface area contributed by atoms with E-state index in [4.69, 9.17) is 0 Å². The maximum Gasteiger partial charge on any atom is 0.405 e. The molecule has 2 heterocycles. The summed E-state index contributed by atoms with van der Waals surface area (Å²) in [4.78, 5) is 12.9. The second-order valence-corrected chi connectivity index (χ2v) is 6.92. The zero-order chi connectivity index (χ0) is 22.7. The van der Waals surface area contributed by atoms with Crippen LogP contribution in [0.25, 0.3) is 22.3 Å². The van der Waals surface area contributed by atoms with Crippen LogP contribution >= 0.6 is 0 Å². The SMILES string of the molecule is Fc1ccc(CNc2nc(NCC(F)(F)F)c3nc(-c4ccc(F)cc4)ccc3n2)cc1. The molecule has 0 amide bonds. The average Bonchev–Trinajstić information content (AvgIpc) is 2.77. The van der Waals surface area contributed by atoms with Crippen molar-refractivity contribution in [3.8, 4) is 11.3 Å². The molecule has 0 fully saturated rings. The van der Waals surface area contributed by atoms with Gasteiger partial charge in [0.25, 0.3) is 0 Å². The van der Waals surface area contributed by atoms with Gasteiger partial charge in [-0.15, -0.1) is 0 Å². The highest BCUT2D eigenvalue weighted by molar-refractivity contribution is 5.88. The van der Waals surface area contributed by atoms with Crippen LogP contribution in [0.4, 0.5) is 33.7 Å². The van der Waals surface area contributed by atoms with Crippen LogP contribution in [0, 0.1) is 11.6 Å². The van der Waals surface area contributed by atoms with E-state index in [2.05, 4.69) is 25.6 Å². The van der Waals surface area contributed by atoms with Crippen molar-refractivity contribution in [2.45, 2.75) is 12.7 Å². The fourth-order valence-corrected chi connectivity index (χ4v) is 2.97. The summed E-state index contributed by atoms with van der Waals surface area (Å²) in [6.45, 7) is -1.06. The van der Waals surface area contributed by atoms with Crippen LogP contribution in [0.15, 0.2) is 60.7 Å². The number of aromatic nitrogens is 3. The molecule has 4 aromatic rings. The van der Waals surface area contributed by atoms with Crippen LogP contribution in [-0.4, -0.2) is 27.7 Å². The van der Waals surface area contributed by atoms with Crippen molar-refractivity contribution < 1.29 is 22.0 Å². The van der Waals surface area contributed by atoms with E-state index in [0.717, 1.165) is 5.56 Å². The van der Waals surface area contributed by atoms with Crippen LogP contribution in [-0.2, 0) is 6.54 Å². The van der Waals surface area contributed by atoms with Gasteiger partial charge >= 0.3 is 6.18 Å². The van der Waals surface area contributed by atoms with E-state index >= 15 is 0 Å². The van der Waals surface area contributed by atoms with Gasteiger partial charge < -0.3 is 10.6 Å². The quantitative estimate of drug-likeness (QED) is 0.381. The predicted molar refractivity (Wildman–Crippen MR) is 111 cm³/mol. The molecular formula is C22H16F5N5. The highest BCUT2D eigenvalue weighted by Crippen LogP contribution is 2.26. The van der Waals surface area contributed by atoms with Crippen LogP contribution in [0.3, 0.4) is 0 Å². The minimum atomic E-state index is -4.46. The molecule has 10 heteroatoms. The van der Waals surface area contributed by atoms with Crippen molar-refractivity contribution in [3.05, 3.63) is 77.9 Å². The molecule has 164 valence electrons. The Morgan fingerprint density at radius 3 is 2.03 bits per heavy atom. The van der Waals surface area contributed by atoms with Gasteiger partial charge in [-0.25, -0.2) is 18.7 Å². The Hall–Kier alpha value is -3.82. The lowest BCUT2D eigenvalue weighted by atomic mass is 10.1. The van der Waals surface area contributed by atoms with Crippen molar-refractivity contribution in [3.63, 3.8) is 0 Å². The zero-order valence-electron chi connectivity index (χ0n) is 16.4. The first-order chi connectivity index (χ1) is 15.3. The number of benzene rings is 2. The number of pyridine rings is 1. The second-order valence-electron chi connectivity index (χ2n) is 6.92. The predicted octanol–water partition coefficient (Wildman–Crippen LogP) is 5.56. The Morgan fingerprint density at radius 1 is 0.719 bits per heavy atom. The molecule has 4 rings (SSSR count). The lowest BCUT2D eigenvalue weighted by Gasteiger charge is -2.13. The standard InChI is InChI=1S/C22H16F5N5/c23-15-5-1-13(2-6-15)11-28-21-31-18-10-9-17(14-3-7-16(24)8-4-14)30-19(18)20(32-21)29-12-22(25,26)27/h1-10H,11-12H2,(H2,28,29,31,32). The third-order valence-corrected chi connectivity index (χ3v) is 4.50. The van der Waals surface area contributed by atoms with Gasteiger partial charge in [0.05, 0.1) is 11.2 Å². The maximum atomic E-state index is 13.2. The van der Waals surface area contributed by atoms with Crippen LogP contribution < -0.4 is 10.6 Å². The van der Waals surface area contributed by atoms with E-state index in [1.165, 1.54) is 36.4 Å². The number of rotatable bonds is 6. The molecule has 0 spiro atoms. The number of anilines is 2. The number of nitrogens with one attached hydrogen (secondary N) is 2. The first-order valence-corrected chi connectivity index (χ1v) is 9.50. The Kier molecular flexibility index (Phi) is 5.85. The molecule has 0 atom stereocenters. The molecule has 0 unspecified atom stereocenters. The van der Waals surface area contributed by atoms with Gasteiger partial charge in [-0.3, -0.25) is 0 Å². The van der Waals surface area contributed by atoms with Gasteiger partial charge in [-0.2, -0.15) is 18.2 Å². The first-order valence-electron chi connectivity index (χ1n) is 9.50. The second kappa shape index (κ2) is 8.74. The summed E-state index contributed by atoms with van der Waals surface area (Å²) < 4.78 is 64.7. The Labute approximate surface area is 179 Å². The smallest absolute Gasteiger partial charge is 0.359 e. The summed E-state index contributed by atoms with van der Waals surface area (Å²) in [5.41, 5.74) is 2.22. The van der Waals surface area contributed by atoms with Crippen molar-refractivity contribution >= 4 is 22.8 Å². The summed E-state index contributed by atoms with van der Waals surface area (Å²) in [5, 5.41) is 5.20. The molecule has 0 aliphatic heterocycles. The number of alkyl halides is 3. The highest BCUT2D eigenvalue weighted by atomic mass is 19.4. The zero-order valence-corrected chi connectivity index (χ0v) is 16.4. The maximum absolute atomic E-state index is 13.2. The van der Waals surface area contributed by atoms with Crippen molar-refractivity contribution in [1.29, 1.82) is 0 Å². The number of nitrogens with zero attached hydrogens (tertiary/aromatic N) is 3. The lowest BCUT2D eigenvalue weighted by molar-refractivity contribution is -0.115. The first kappa shape index (κ1) is 21.4. The van der Waals surface area contributed by atoms with Gasteiger partial charge in [0.1, 0.15) is 23.7 Å². The monoisotopic (exact) mass is 445 g/mol. The van der Waals surface area contributed by atoms with Gasteiger partial charge in [0, 0.05) is 12.1 Å². The fourth-order valence-electron chi connectivity index (χ4n) is 2.97. The Bertz CT molecular complexity index is 1220. The number of fused-ring (bicyclic) bond motifs is 1. The van der Waals surface area contributed by atoms with Gasteiger partial charge in [0.2, 0.25) is 5.95 Å². The molecule has 0 radical (unpaired) electrons. The third kappa shape index (κ3) is 5.26. The summed E-state index contributed by atoms with van der Waals surface area (Å²) in [7, 11) is 0. The van der Waals surface area contributed by atoms with E-state index in [-0.39, 0.29) is 29.6 Å². The summed E-state index contributed by atoms with van der Waals surface area (Å²) >= 11 is 0. The van der Waals surface area contributed by atoms with E-state index < -0.39 is 18.5 Å². The van der Waals surface area contributed by atoms with E-state index in [0.29, 0.717) is 16.8 Å². The topological polar surface area (TPSA) is 62.7 Å². The molecule has 0 bridgehead atoms. The fraction of sp³-hybridized carbons (Fsp3) is 0.136. The summed E-state index contributed by atoms with van der Waals surface area (Å²) in [6, 6.07) is 14.6. The minimum absolute atomic E-state index is 0.0860. The summed E-state index contributed by atoms with van der Waals surface area (Å²) in [6.07, 6.45) is -4.46. The molecule has 2 aromatic heterocycles. The van der Waals surface area contributed by atoms with E-state index in [9.17, 15) is 22.0 Å². The molecular weight excluding hydrogens is 429 g/mol. The molecule has 32 heavy (non-hydrogen) atoms. The molecule has 2 N–H and O–H groups in total. The molecule has 5 nitrogen and oxygen atoms in total. The third-order valence-electron chi connectivity index (χ3n) is 4.50. The van der Waals surface area contributed by atoms with Crippen molar-refractivity contribution in [2.24, 2.45) is 0 Å². The molecule has 0 saturated carbocycles. The van der Waals surface area contributed by atoms with E-state index in [1.54, 1.807) is 24.3 Å². The number of halogens is 5. The molecule has 0 saturated heterocycles. The Morgan fingerprint density at radius 2 is 1.38 bits per heavy atom. The summed E-state index contributed by atoms with van der Waals surface area (Å²) in [5.74, 6) is -0.805. The lowest BCUT2D eigenvalue weighted by Crippen LogP contribution is -2.22. The average molecular weight is 445 g/mol. The minimum Gasteiger partial charge on any atom is -0.359 e. The van der Waals surface area contributed by atoms with Gasteiger partial charge in [-0.1, -0.05) is 12.1 Å². The van der Waals surface area contributed by atoms with Crippen LogP contribution in [0.5, 0.6) is 0 Å². The van der Waals surface area contributed by atoms with E-state index in [1.807, 2.05) is 0 Å². The van der Waals surface area contributed by atoms with Crippen LogP contribution in [0.1, 0.15) is 5.56 Å².